The van der Waals surface area contributed by atoms with Crippen LogP contribution in [0.15, 0.2) is 18.2 Å². The number of rotatable bonds is 6. The van der Waals surface area contributed by atoms with Gasteiger partial charge in [0.25, 0.3) is 0 Å². The smallest absolute Gasteiger partial charge is 0.123 e. The maximum absolute atomic E-state index is 13.0. The highest BCUT2D eigenvalue weighted by atomic mass is 19.1. The zero-order chi connectivity index (χ0) is 12.0. The van der Waals surface area contributed by atoms with Crippen LogP contribution in [0.1, 0.15) is 25.0 Å². The van der Waals surface area contributed by atoms with Gasteiger partial charge in [-0.25, -0.2) is 4.39 Å². The summed E-state index contributed by atoms with van der Waals surface area (Å²) in [4.78, 5) is 0. The number of halogens is 1. The lowest BCUT2D eigenvalue weighted by Crippen LogP contribution is -2.26. The Balaban J connectivity index is 2.39. The Morgan fingerprint density at radius 2 is 2.19 bits per heavy atom. The zero-order valence-electron chi connectivity index (χ0n) is 10.2. The summed E-state index contributed by atoms with van der Waals surface area (Å²) in [6.07, 6.45) is 0.193. The lowest BCUT2D eigenvalue weighted by Gasteiger charge is -2.13. The largest absolute Gasteiger partial charge is 0.377 e. The summed E-state index contributed by atoms with van der Waals surface area (Å²) in [6.45, 7) is 8.18. The second-order valence-electron chi connectivity index (χ2n) is 3.97. The van der Waals surface area contributed by atoms with Gasteiger partial charge in [0, 0.05) is 19.7 Å². The highest BCUT2D eigenvalue weighted by molar-refractivity contribution is 5.26. The Kier molecular flexibility index (Phi) is 5.43. The van der Waals surface area contributed by atoms with Gasteiger partial charge in [0.05, 0.1) is 6.10 Å². The Bertz CT molecular complexity index is 328. The van der Waals surface area contributed by atoms with E-state index in [4.69, 9.17) is 4.74 Å². The van der Waals surface area contributed by atoms with Crippen molar-refractivity contribution in [2.45, 2.75) is 33.4 Å². The van der Waals surface area contributed by atoms with Crippen molar-refractivity contribution < 1.29 is 9.13 Å². The molecule has 0 saturated carbocycles. The third kappa shape index (κ3) is 4.29. The molecule has 0 saturated heterocycles. The van der Waals surface area contributed by atoms with E-state index in [9.17, 15) is 4.39 Å². The molecule has 0 aliphatic rings. The molecule has 16 heavy (non-hydrogen) atoms. The molecular weight excluding hydrogens is 205 g/mol. The first-order valence-electron chi connectivity index (χ1n) is 5.70. The van der Waals surface area contributed by atoms with Gasteiger partial charge in [-0.1, -0.05) is 6.07 Å². The second kappa shape index (κ2) is 6.61. The van der Waals surface area contributed by atoms with Crippen LogP contribution in [-0.2, 0) is 11.3 Å². The molecule has 1 rings (SSSR count). The fourth-order valence-corrected chi connectivity index (χ4v) is 1.58. The van der Waals surface area contributed by atoms with Crippen molar-refractivity contribution in [2.24, 2.45) is 0 Å². The molecule has 0 fully saturated rings. The predicted molar refractivity (Wildman–Crippen MR) is 63.9 cm³/mol. The first-order valence-corrected chi connectivity index (χ1v) is 5.70. The summed E-state index contributed by atoms with van der Waals surface area (Å²) in [5, 5.41) is 3.26. The molecule has 1 aromatic carbocycles. The zero-order valence-corrected chi connectivity index (χ0v) is 10.2. The minimum absolute atomic E-state index is 0.180. The average molecular weight is 225 g/mol. The van der Waals surface area contributed by atoms with Crippen molar-refractivity contribution in [3.63, 3.8) is 0 Å². The van der Waals surface area contributed by atoms with Crippen LogP contribution in [0, 0.1) is 12.7 Å². The molecule has 0 spiro atoms. The van der Waals surface area contributed by atoms with Gasteiger partial charge in [-0.15, -0.1) is 0 Å². The van der Waals surface area contributed by atoms with Gasteiger partial charge in [-0.05, 0) is 44.0 Å². The molecule has 1 N–H and O–H groups in total. The predicted octanol–water partition coefficient (Wildman–Crippen LogP) is 2.65. The van der Waals surface area contributed by atoms with Crippen LogP contribution in [0.3, 0.4) is 0 Å². The van der Waals surface area contributed by atoms with Crippen LogP contribution in [0.2, 0.25) is 0 Å². The lowest BCUT2D eigenvalue weighted by atomic mass is 10.1. The van der Waals surface area contributed by atoms with Crippen molar-refractivity contribution in [1.29, 1.82) is 0 Å². The summed E-state index contributed by atoms with van der Waals surface area (Å²) in [5.41, 5.74) is 2.11. The molecule has 0 aliphatic carbocycles. The summed E-state index contributed by atoms with van der Waals surface area (Å²) >= 11 is 0. The molecule has 0 heterocycles. The first kappa shape index (κ1) is 13.1. The maximum Gasteiger partial charge on any atom is 0.123 e. The van der Waals surface area contributed by atoms with E-state index in [0.29, 0.717) is 6.54 Å². The molecule has 3 heteroatoms. The molecule has 0 bridgehead atoms. The quantitative estimate of drug-likeness (QED) is 0.803. The van der Waals surface area contributed by atoms with Crippen molar-refractivity contribution >= 4 is 0 Å². The number of hydrogen-bond acceptors (Lipinski definition) is 2. The number of aryl methyl sites for hydroxylation is 1. The standard InChI is InChI=1S/C13H20FNO/c1-4-16-11(3)8-15-9-12-7-13(14)6-5-10(12)2/h5-7,11,15H,4,8-9H2,1-3H3. The third-order valence-electron chi connectivity index (χ3n) is 2.51. The molecule has 0 amide bonds. The molecule has 1 unspecified atom stereocenters. The van der Waals surface area contributed by atoms with Gasteiger partial charge < -0.3 is 10.1 Å². The van der Waals surface area contributed by atoms with Crippen LogP contribution in [0.4, 0.5) is 4.39 Å². The van der Waals surface area contributed by atoms with Crippen LogP contribution in [0.5, 0.6) is 0 Å². The molecule has 0 aromatic heterocycles. The second-order valence-corrected chi connectivity index (χ2v) is 3.97. The third-order valence-corrected chi connectivity index (χ3v) is 2.51. The van der Waals surface area contributed by atoms with Gasteiger partial charge in [-0.3, -0.25) is 0 Å². The van der Waals surface area contributed by atoms with Gasteiger partial charge in [0.1, 0.15) is 5.82 Å². The summed E-state index contributed by atoms with van der Waals surface area (Å²) in [6, 6.07) is 4.87. The van der Waals surface area contributed by atoms with Crippen molar-refractivity contribution in [3.8, 4) is 0 Å². The molecule has 0 aliphatic heterocycles. The van der Waals surface area contributed by atoms with E-state index in [0.717, 1.165) is 24.3 Å². The molecule has 90 valence electrons. The van der Waals surface area contributed by atoms with Gasteiger partial charge in [0.2, 0.25) is 0 Å². The average Bonchev–Trinajstić information content (AvgIpc) is 2.23. The lowest BCUT2D eigenvalue weighted by molar-refractivity contribution is 0.0759. The van der Waals surface area contributed by atoms with E-state index in [2.05, 4.69) is 5.32 Å². The van der Waals surface area contributed by atoms with Crippen LogP contribution >= 0.6 is 0 Å². The molecular formula is C13H20FNO. The van der Waals surface area contributed by atoms with Crippen LogP contribution in [0.25, 0.3) is 0 Å². The SMILES string of the molecule is CCOC(C)CNCc1cc(F)ccc1C. The number of nitrogens with one attached hydrogen (secondary N) is 1. The Hall–Kier alpha value is -0.930. The number of ether oxygens (including phenoxy) is 1. The van der Waals surface area contributed by atoms with E-state index in [-0.39, 0.29) is 11.9 Å². The topological polar surface area (TPSA) is 21.3 Å². The monoisotopic (exact) mass is 225 g/mol. The van der Waals surface area contributed by atoms with Gasteiger partial charge >= 0.3 is 0 Å². The number of hydrogen-bond donors (Lipinski definition) is 1. The Morgan fingerprint density at radius 1 is 1.44 bits per heavy atom. The summed E-state index contributed by atoms with van der Waals surface area (Å²) in [5.74, 6) is -0.180. The number of benzene rings is 1. The minimum atomic E-state index is -0.180. The fourth-order valence-electron chi connectivity index (χ4n) is 1.58. The summed E-state index contributed by atoms with van der Waals surface area (Å²) in [7, 11) is 0. The minimum Gasteiger partial charge on any atom is -0.377 e. The Morgan fingerprint density at radius 3 is 2.88 bits per heavy atom. The van der Waals surface area contributed by atoms with Gasteiger partial charge in [0.15, 0.2) is 0 Å². The van der Waals surface area contributed by atoms with Gasteiger partial charge in [-0.2, -0.15) is 0 Å². The van der Waals surface area contributed by atoms with Crippen molar-refractivity contribution in [2.75, 3.05) is 13.2 Å². The molecule has 2 nitrogen and oxygen atoms in total. The van der Waals surface area contributed by atoms with Crippen molar-refractivity contribution in [1.82, 2.24) is 5.32 Å². The van der Waals surface area contributed by atoms with E-state index < -0.39 is 0 Å². The maximum atomic E-state index is 13.0. The normalized spacial score (nSPS) is 12.8. The fraction of sp³-hybridized carbons (Fsp3) is 0.538. The van der Waals surface area contributed by atoms with Crippen LogP contribution in [-0.4, -0.2) is 19.3 Å². The highest BCUT2D eigenvalue weighted by Gasteiger charge is 2.02. The van der Waals surface area contributed by atoms with Crippen molar-refractivity contribution in [3.05, 3.63) is 35.1 Å². The molecule has 0 radical (unpaired) electrons. The highest BCUT2D eigenvalue weighted by Crippen LogP contribution is 2.09. The molecule has 1 aromatic rings. The summed E-state index contributed by atoms with van der Waals surface area (Å²) < 4.78 is 18.4. The van der Waals surface area contributed by atoms with Crippen LogP contribution < -0.4 is 5.32 Å². The first-order chi connectivity index (χ1) is 7.63. The van der Waals surface area contributed by atoms with E-state index in [1.54, 1.807) is 12.1 Å². The van der Waals surface area contributed by atoms with E-state index in [1.807, 2.05) is 20.8 Å². The van der Waals surface area contributed by atoms with E-state index in [1.165, 1.54) is 6.07 Å². The molecule has 1 atom stereocenters. The Labute approximate surface area is 96.8 Å². The van der Waals surface area contributed by atoms with E-state index >= 15 is 0 Å².